The predicted molar refractivity (Wildman–Crippen MR) is 99.1 cm³/mol. The van der Waals surface area contributed by atoms with E-state index >= 15 is 0 Å². The molecule has 3 rings (SSSR count). The Morgan fingerprint density at radius 3 is 2.33 bits per heavy atom. The van der Waals surface area contributed by atoms with Crippen LogP contribution >= 0.6 is 0 Å². The average Bonchev–Trinajstić information content (AvgIpc) is 2.63. The smallest absolute Gasteiger partial charge is 0.150 e. The number of benzene rings is 2. The highest BCUT2D eigenvalue weighted by Gasteiger charge is 2.26. The molecular weight excluding hydrogens is 296 g/mol. The molecule has 0 aliphatic carbocycles. The van der Waals surface area contributed by atoms with Crippen LogP contribution < -0.4 is 9.80 Å². The van der Waals surface area contributed by atoms with E-state index in [1.54, 1.807) is 4.90 Å². The minimum absolute atomic E-state index is 0.536. The van der Waals surface area contributed by atoms with Gasteiger partial charge in [0.05, 0.1) is 26.2 Å². The third-order valence-electron chi connectivity index (χ3n) is 5.37. The zero-order chi connectivity index (χ0) is 17.1. The summed E-state index contributed by atoms with van der Waals surface area (Å²) in [5.41, 5.74) is 5.77. The molecule has 1 N–H and O–H groups in total. The van der Waals surface area contributed by atoms with Crippen molar-refractivity contribution in [3.63, 3.8) is 0 Å². The summed E-state index contributed by atoms with van der Waals surface area (Å²) in [7, 11) is 0. The Morgan fingerprint density at radius 2 is 1.71 bits per heavy atom. The van der Waals surface area contributed by atoms with Crippen molar-refractivity contribution < 1.29 is 9.69 Å². The van der Waals surface area contributed by atoms with Crippen molar-refractivity contribution in [2.45, 2.75) is 26.8 Å². The van der Waals surface area contributed by atoms with E-state index in [9.17, 15) is 4.79 Å². The van der Waals surface area contributed by atoms with Crippen molar-refractivity contribution in [1.82, 2.24) is 0 Å². The maximum absolute atomic E-state index is 11.1. The molecule has 2 aromatic rings. The number of anilines is 1. The number of carbonyl (C=O) groups excluding carboxylic acids is 1. The Labute approximate surface area is 144 Å². The lowest BCUT2D eigenvalue weighted by Crippen LogP contribution is -3.14. The average molecular weight is 323 g/mol. The van der Waals surface area contributed by atoms with Crippen LogP contribution in [0, 0.1) is 13.8 Å². The fourth-order valence-corrected chi connectivity index (χ4v) is 3.74. The van der Waals surface area contributed by atoms with E-state index in [2.05, 4.69) is 55.1 Å². The Morgan fingerprint density at radius 1 is 1.04 bits per heavy atom. The van der Waals surface area contributed by atoms with E-state index in [4.69, 9.17) is 0 Å². The molecule has 0 saturated carbocycles. The van der Waals surface area contributed by atoms with Gasteiger partial charge in [0, 0.05) is 16.8 Å². The zero-order valence-corrected chi connectivity index (χ0v) is 14.9. The second-order valence-corrected chi connectivity index (χ2v) is 6.89. The Bertz CT molecular complexity index is 703. The standard InChI is InChI=1S/C21H26N2O/c1-16-14-21(17(2)13-20(16)15-24)23-11-9-22(10-12-23)18(3)19-7-5-4-6-8-19/h4-8,13-15,18H,9-12H2,1-3H3/p+1/t18-/m1/s1. The number of aldehydes is 1. The lowest BCUT2D eigenvalue weighted by atomic mass is 10.0. The fraction of sp³-hybridized carbons (Fsp3) is 0.381. The summed E-state index contributed by atoms with van der Waals surface area (Å²) < 4.78 is 0. The van der Waals surface area contributed by atoms with Crippen LogP contribution in [0.3, 0.4) is 0 Å². The quantitative estimate of drug-likeness (QED) is 0.875. The van der Waals surface area contributed by atoms with Crippen LogP contribution in [0.1, 0.15) is 40.0 Å². The van der Waals surface area contributed by atoms with Gasteiger partial charge in [0.25, 0.3) is 0 Å². The molecule has 0 bridgehead atoms. The number of hydrogen-bond acceptors (Lipinski definition) is 2. The van der Waals surface area contributed by atoms with Crippen LogP contribution in [-0.2, 0) is 0 Å². The highest BCUT2D eigenvalue weighted by molar-refractivity contribution is 5.79. The summed E-state index contributed by atoms with van der Waals surface area (Å²) in [5.74, 6) is 0. The summed E-state index contributed by atoms with van der Waals surface area (Å²) in [6.45, 7) is 10.9. The summed E-state index contributed by atoms with van der Waals surface area (Å²) in [4.78, 5) is 15.2. The molecule has 1 saturated heterocycles. The minimum Gasteiger partial charge on any atom is -0.360 e. The molecule has 1 fully saturated rings. The Kier molecular flexibility index (Phi) is 5.00. The monoisotopic (exact) mass is 323 g/mol. The lowest BCUT2D eigenvalue weighted by molar-refractivity contribution is -0.930. The van der Waals surface area contributed by atoms with Gasteiger partial charge in [0.2, 0.25) is 0 Å². The zero-order valence-electron chi connectivity index (χ0n) is 14.9. The van der Waals surface area contributed by atoms with E-state index in [-0.39, 0.29) is 0 Å². The molecule has 24 heavy (non-hydrogen) atoms. The van der Waals surface area contributed by atoms with Gasteiger partial charge < -0.3 is 9.80 Å². The third kappa shape index (κ3) is 3.36. The number of piperazine rings is 1. The van der Waals surface area contributed by atoms with Gasteiger partial charge in [-0.3, -0.25) is 4.79 Å². The molecule has 126 valence electrons. The van der Waals surface area contributed by atoms with Crippen LogP contribution in [0.5, 0.6) is 0 Å². The van der Waals surface area contributed by atoms with E-state index in [1.807, 2.05) is 13.0 Å². The van der Waals surface area contributed by atoms with Crippen molar-refractivity contribution in [2.75, 3.05) is 31.1 Å². The number of nitrogens with one attached hydrogen (secondary N) is 1. The molecule has 3 heteroatoms. The highest BCUT2D eigenvalue weighted by Crippen LogP contribution is 2.24. The number of carbonyl (C=O) groups is 1. The first-order chi connectivity index (χ1) is 11.6. The third-order valence-corrected chi connectivity index (χ3v) is 5.37. The van der Waals surface area contributed by atoms with Crippen LogP contribution in [0.2, 0.25) is 0 Å². The van der Waals surface area contributed by atoms with Gasteiger partial charge in [-0.25, -0.2) is 0 Å². The first kappa shape index (κ1) is 16.7. The van der Waals surface area contributed by atoms with E-state index in [1.165, 1.54) is 16.8 Å². The molecule has 0 spiro atoms. The van der Waals surface area contributed by atoms with Gasteiger partial charge in [0.1, 0.15) is 12.3 Å². The molecule has 0 amide bonds. The largest absolute Gasteiger partial charge is 0.360 e. The molecule has 3 nitrogen and oxygen atoms in total. The molecule has 1 atom stereocenters. The summed E-state index contributed by atoms with van der Waals surface area (Å²) in [5, 5.41) is 0. The summed E-state index contributed by atoms with van der Waals surface area (Å²) in [6, 6.07) is 15.5. The first-order valence-corrected chi connectivity index (χ1v) is 8.81. The van der Waals surface area contributed by atoms with Gasteiger partial charge in [-0.1, -0.05) is 30.3 Å². The predicted octanol–water partition coefficient (Wildman–Crippen LogP) is 2.58. The van der Waals surface area contributed by atoms with Crippen molar-refractivity contribution in [3.8, 4) is 0 Å². The van der Waals surface area contributed by atoms with Crippen LogP contribution in [-0.4, -0.2) is 32.5 Å². The number of nitrogens with zero attached hydrogens (tertiary/aromatic N) is 1. The maximum Gasteiger partial charge on any atom is 0.150 e. The normalized spacial score (nSPS) is 16.9. The van der Waals surface area contributed by atoms with Crippen LogP contribution in [0.4, 0.5) is 5.69 Å². The van der Waals surface area contributed by atoms with E-state index in [0.29, 0.717) is 6.04 Å². The molecule has 0 unspecified atom stereocenters. The van der Waals surface area contributed by atoms with E-state index in [0.717, 1.165) is 43.6 Å². The Balaban J connectivity index is 1.69. The fourth-order valence-electron chi connectivity index (χ4n) is 3.74. The Hall–Kier alpha value is -2.13. The summed E-state index contributed by atoms with van der Waals surface area (Å²) >= 11 is 0. The second kappa shape index (κ2) is 7.18. The summed E-state index contributed by atoms with van der Waals surface area (Å²) in [6.07, 6.45) is 0.954. The number of hydrogen-bond donors (Lipinski definition) is 1. The number of aryl methyl sites for hydroxylation is 2. The molecule has 0 radical (unpaired) electrons. The molecule has 1 heterocycles. The SMILES string of the molecule is Cc1cc(N2CC[NH+]([C@H](C)c3ccccc3)CC2)c(C)cc1C=O. The van der Waals surface area contributed by atoms with Gasteiger partial charge in [-0.15, -0.1) is 0 Å². The first-order valence-electron chi connectivity index (χ1n) is 8.81. The van der Waals surface area contributed by atoms with Crippen molar-refractivity contribution >= 4 is 12.0 Å². The molecule has 1 aliphatic rings. The minimum atomic E-state index is 0.536. The highest BCUT2D eigenvalue weighted by atomic mass is 16.1. The van der Waals surface area contributed by atoms with Gasteiger partial charge in [-0.05, 0) is 44.0 Å². The second-order valence-electron chi connectivity index (χ2n) is 6.89. The topological polar surface area (TPSA) is 24.8 Å². The van der Waals surface area contributed by atoms with Crippen molar-refractivity contribution in [2.24, 2.45) is 0 Å². The number of rotatable bonds is 4. The maximum atomic E-state index is 11.1. The number of quaternary nitrogens is 1. The molecular formula is C21H27N2O+. The van der Waals surface area contributed by atoms with Crippen LogP contribution in [0.15, 0.2) is 42.5 Å². The lowest BCUT2D eigenvalue weighted by Gasteiger charge is -2.37. The van der Waals surface area contributed by atoms with Crippen molar-refractivity contribution in [1.29, 1.82) is 0 Å². The van der Waals surface area contributed by atoms with Crippen LogP contribution in [0.25, 0.3) is 0 Å². The van der Waals surface area contributed by atoms with Gasteiger partial charge >= 0.3 is 0 Å². The molecule has 2 aromatic carbocycles. The van der Waals surface area contributed by atoms with Gasteiger partial charge in [-0.2, -0.15) is 0 Å². The molecule has 1 aliphatic heterocycles. The van der Waals surface area contributed by atoms with E-state index < -0.39 is 0 Å². The van der Waals surface area contributed by atoms with Crippen molar-refractivity contribution in [3.05, 3.63) is 64.7 Å². The van der Waals surface area contributed by atoms with Gasteiger partial charge in [0.15, 0.2) is 0 Å². The molecule has 0 aromatic heterocycles.